The molecule has 0 saturated carbocycles. The Bertz CT molecular complexity index is 1530. The highest BCUT2D eigenvalue weighted by atomic mass is 16.5. The van der Waals surface area contributed by atoms with Gasteiger partial charge in [-0.3, -0.25) is 9.59 Å². The van der Waals surface area contributed by atoms with Crippen LogP contribution in [0.4, 0.5) is 11.4 Å². The first-order valence-electron chi connectivity index (χ1n) is 11.6. The third kappa shape index (κ3) is 6.07. The Balaban J connectivity index is 1.74. The molecule has 0 fully saturated rings. The van der Waals surface area contributed by atoms with Crippen molar-refractivity contribution in [3.05, 3.63) is 125 Å². The van der Waals surface area contributed by atoms with Gasteiger partial charge in [-0.25, -0.2) is 4.79 Å². The summed E-state index contributed by atoms with van der Waals surface area (Å²) in [4.78, 5) is 38.2. The van der Waals surface area contributed by atoms with Crippen molar-refractivity contribution in [2.45, 2.75) is 0 Å². The van der Waals surface area contributed by atoms with Crippen molar-refractivity contribution in [2.75, 3.05) is 24.9 Å². The van der Waals surface area contributed by atoms with Crippen molar-refractivity contribution in [2.24, 2.45) is 0 Å². The quantitative estimate of drug-likeness (QED) is 0.271. The topological polar surface area (TPSA) is 93.7 Å². The monoisotopic (exact) mass is 504 g/mol. The first-order chi connectivity index (χ1) is 18.5. The molecule has 0 aliphatic carbocycles. The van der Waals surface area contributed by atoms with Crippen LogP contribution in [0.15, 0.2) is 97.1 Å². The number of hydrogen-bond donors (Lipinski definition) is 2. The van der Waals surface area contributed by atoms with Crippen molar-refractivity contribution >= 4 is 29.2 Å². The van der Waals surface area contributed by atoms with Crippen molar-refractivity contribution in [3.8, 4) is 17.6 Å². The Morgan fingerprint density at radius 3 is 1.82 bits per heavy atom. The summed E-state index contributed by atoms with van der Waals surface area (Å²) in [6.45, 7) is 0. The van der Waals surface area contributed by atoms with E-state index in [1.807, 2.05) is 6.07 Å². The van der Waals surface area contributed by atoms with E-state index in [4.69, 9.17) is 9.47 Å². The summed E-state index contributed by atoms with van der Waals surface area (Å²) in [5, 5.41) is 5.76. The van der Waals surface area contributed by atoms with E-state index in [2.05, 4.69) is 22.5 Å². The SMILES string of the molecule is COC(=O)c1ccccc1C#Cc1c(NC(=O)c2ccccc2)cccc1NC(=O)c1ccc(OC)cc1. The molecule has 4 aromatic carbocycles. The number of benzene rings is 4. The summed E-state index contributed by atoms with van der Waals surface area (Å²) in [5.74, 6) is 5.45. The molecule has 0 atom stereocenters. The molecule has 188 valence electrons. The van der Waals surface area contributed by atoms with Crippen LogP contribution in [0.5, 0.6) is 5.75 Å². The number of esters is 1. The average Bonchev–Trinajstić information content (AvgIpc) is 2.97. The lowest BCUT2D eigenvalue weighted by Gasteiger charge is -2.13. The minimum absolute atomic E-state index is 0.303. The number of rotatable bonds is 6. The minimum atomic E-state index is -0.520. The van der Waals surface area contributed by atoms with Crippen molar-refractivity contribution in [3.63, 3.8) is 0 Å². The molecule has 2 N–H and O–H groups in total. The molecular weight excluding hydrogens is 480 g/mol. The third-order valence-electron chi connectivity index (χ3n) is 5.60. The Morgan fingerprint density at radius 1 is 0.632 bits per heavy atom. The number of nitrogens with one attached hydrogen (secondary N) is 2. The average molecular weight is 505 g/mol. The summed E-state index contributed by atoms with van der Waals surface area (Å²) in [6, 6.07) is 27.3. The Labute approximate surface area is 220 Å². The Kier molecular flexibility index (Phi) is 8.17. The van der Waals surface area contributed by atoms with Gasteiger partial charge in [-0.15, -0.1) is 0 Å². The predicted molar refractivity (Wildman–Crippen MR) is 146 cm³/mol. The Hall–Kier alpha value is -5.35. The highest BCUT2D eigenvalue weighted by molar-refractivity contribution is 6.08. The molecule has 0 radical (unpaired) electrons. The number of amides is 2. The van der Waals surface area contributed by atoms with Gasteiger partial charge in [0, 0.05) is 16.7 Å². The van der Waals surface area contributed by atoms with Crippen LogP contribution in [0.25, 0.3) is 0 Å². The van der Waals surface area contributed by atoms with Crippen LogP contribution in [-0.4, -0.2) is 32.0 Å². The van der Waals surface area contributed by atoms with Crippen molar-refractivity contribution < 1.29 is 23.9 Å². The Morgan fingerprint density at radius 2 is 1.21 bits per heavy atom. The molecule has 38 heavy (non-hydrogen) atoms. The molecule has 0 unspecified atom stereocenters. The van der Waals surface area contributed by atoms with Gasteiger partial charge in [0.05, 0.1) is 36.7 Å². The summed E-state index contributed by atoms with van der Waals surface area (Å²) < 4.78 is 10.0. The largest absolute Gasteiger partial charge is 0.497 e. The van der Waals surface area contributed by atoms with E-state index in [9.17, 15) is 14.4 Å². The molecule has 2 amide bonds. The predicted octanol–water partition coefficient (Wildman–Crippen LogP) is 5.39. The zero-order chi connectivity index (χ0) is 26.9. The molecule has 0 bridgehead atoms. The van der Waals surface area contributed by atoms with Gasteiger partial charge < -0.3 is 20.1 Å². The van der Waals surface area contributed by atoms with Gasteiger partial charge in [-0.05, 0) is 60.7 Å². The molecule has 0 heterocycles. The minimum Gasteiger partial charge on any atom is -0.497 e. The lowest BCUT2D eigenvalue weighted by atomic mass is 10.1. The van der Waals surface area contributed by atoms with E-state index in [0.717, 1.165) is 0 Å². The van der Waals surface area contributed by atoms with Gasteiger partial charge in [0.1, 0.15) is 5.75 Å². The van der Waals surface area contributed by atoms with Crippen LogP contribution in [0, 0.1) is 11.8 Å². The summed E-state index contributed by atoms with van der Waals surface area (Å²) in [6.07, 6.45) is 0. The molecule has 0 aliphatic heterocycles. The van der Waals surface area contributed by atoms with Crippen molar-refractivity contribution in [1.29, 1.82) is 0 Å². The highest BCUT2D eigenvalue weighted by Crippen LogP contribution is 2.26. The van der Waals surface area contributed by atoms with E-state index in [-0.39, 0.29) is 11.8 Å². The summed E-state index contributed by atoms with van der Waals surface area (Å²) in [7, 11) is 2.85. The maximum Gasteiger partial charge on any atom is 0.339 e. The fraction of sp³-hybridized carbons (Fsp3) is 0.0645. The zero-order valence-electron chi connectivity index (χ0n) is 20.8. The molecule has 0 spiro atoms. The number of methoxy groups -OCH3 is 2. The number of carbonyl (C=O) groups is 3. The second kappa shape index (κ2) is 12.1. The zero-order valence-corrected chi connectivity index (χ0v) is 20.8. The van der Waals surface area contributed by atoms with Crippen molar-refractivity contribution in [1.82, 2.24) is 0 Å². The van der Waals surface area contributed by atoms with E-state index < -0.39 is 5.97 Å². The first-order valence-corrected chi connectivity index (χ1v) is 11.6. The maximum absolute atomic E-state index is 13.0. The molecule has 0 aliphatic rings. The second-order valence-corrected chi connectivity index (χ2v) is 8.02. The number of ether oxygens (including phenoxy) is 2. The van der Waals surface area contributed by atoms with E-state index in [1.54, 1.807) is 98.1 Å². The first kappa shape index (κ1) is 25.7. The molecule has 4 rings (SSSR count). The lowest BCUT2D eigenvalue weighted by molar-refractivity contribution is 0.0600. The van der Waals surface area contributed by atoms with Gasteiger partial charge in [0.15, 0.2) is 0 Å². The summed E-state index contributed by atoms with van der Waals surface area (Å²) in [5.41, 5.74) is 2.79. The number of anilines is 2. The smallest absolute Gasteiger partial charge is 0.339 e. The molecule has 7 nitrogen and oxygen atoms in total. The fourth-order valence-corrected chi connectivity index (χ4v) is 3.63. The van der Waals surface area contributed by atoms with Crippen LogP contribution < -0.4 is 15.4 Å². The highest BCUT2D eigenvalue weighted by Gasteiger charge is 2.15. The second-order valence-electron chi connectivity index (χ2n) is 8.02. The van der Waals surface area contributed by atoms with Crippen LogP contribution in [0.3, 0.4) is 0 Å². The van der Waals surface area contributed by atoms with Gasteiger partial charge in [-0.1, -0.05) is 48.2 Å². The standard InChI is InChI=1S/C31H24N2O5/c1-37-24-18-15-23(16-19-24)30(35)33-28-14-8-13-27(32-29(34)22-10-4-3-5-11-22)26(28)20-17-21-9-6-7-12-25(21)31(36)38-2/h3-16,18-19H,1-2H3,(H,32,34)(H,33,35). The third-order valence-corrected chi connectivity index (χ3v) is 5.60. The normalized spacial score (nSPS) is 9.95. The van der Waals surface area contributed by atoms with Gasteiger partial charge in [0.25, 0.3) is 11.8 Å². The molecule has 7 heteroatoms. The maximum atomic E-state index is 13.0. The molecule has 0 saturated heterocycles. The summed E-state index contributed by atoms with van der Waals surface area (Å²) >= 11 is 0. The van der Waals surface area contributed by atoms with Crippen LogP contribution in [-0.2, 0) is 4.74 Å². The van der Waals surface area contributed by atoms with Crippen LogP contribution in [0.1, 0.15) is 42.2 Å². The van der Waals surface area contributed by atoms with Gasteiger partial charge in [0.2, 0.25) is 0 Å². The van der Waals surface area contributed by atoms with Gasteiger partial charge in [-0.2, -0.15) is 0 Å². The van der Waals surface area contributed by atoms with E-state index in [1.165, 1.54) is 7.11 Å². The molecular formula is C31H24N2O5. The molecule has 0 aromatic heterocycles. The van der Waals surface area contributed by atoms with E-state index >= 15 is 0 Å². The van der Waals surface area contributed by atoms with Crippen LogP contribution in [0.2, 0.25) is 0 Å². The lowest BCUT2D eigenvalue weighted by Crippen LogP contribution is -2.16. The number of carbonyl (C=O) groups excluding carboxylic acids is 3. The van der Waals surface area contributed by atoms with Crippen LogP contribution >= 0.6 is 0 Å². The fourth-order valence-electron chi connectivity index (χ4n) is 3.63. The van der Waals surface area contributed by atoms with Gasteiger partial charge >= 0.3 is 5.97 Å². The number of hydrogen-bond acceptors (Lipinski definition) is 5. The van der Waals surface area contributed by atoms with E-state index in [0.29, 0.717) is 44.9 Å². The molecule has 4 aromatic rings.